The number of rotatable bonds is 4. The third-order valence-electron chi connectivity index (χ3n) is 3.72. The molecule has 6 heteroatoms. The number of anilines is 1. The minimum Gasteiger partial charge on any atom is -0.403 e. The van der Waals surface area contributed by atoms with Crippen LogP contribution in [-0.2, 0) is 9.53 Å². The van der Waals surface area contributed by atoms with Crippen LogP contribution in [0.4, 0.5) is 5.69 Å². The molecule has 0 saturated carbocycles. The van der Waals surface area contributed by atoms with E-state index in [9.17, 15) is 4.79 Å². The van der Waals surface area contributed by atoms with Crippen molar-refractivity contribution in [2.75, 3.05) is 19.0 Å². The van der Waals surface area contributed by atoms with Gasteiger partial charge in [-0.25, -0.2) is 9.79 Å². The molecule has 2 aromatic carbocycles. The van der Waals surface area contributed by atoms with Crippen molar-refractivity contribution >= 4 is 52.9 Å². The highest BCUT2D eigenvalue weighted by atomic mass is 35.5. The Morgan fingerprint density at radius 2 is 1.77 bits per heavy atom. The van der Waals surface area contributed by atoms with Gasteiger partial charge in [0, 0.05) is 35.9 Å². The lowest BCUT2D eigenvalue weighted by Gasteiger charge is -2.11. The topological polar surface area (TPSA) is 41.9 Å². The number of cyclic esters (lactones) is 1. The molecular formula is C20H16Cl2N2O2. The van der Waals surface area contributed by atoms with Gasteiger partial charge in [0.25, 0.3) is 0 Å². The van der Waals surface area contributed by atoms with Gasteiger partial charge in [0.05, 0.1) is 0 Å². The van der Waals surface area contributed by atoms with E-state index in [0.29, 0.717) is 10.0 Å². The average Bonchev–Trinajstić information content (AvgIpc) is 2.94. The molecule has 0 atom stereocenters. The van der Waals surface area contributed by atoms with Gasteiger partial charge in [-0.15, -0.1) is 0 Å². The summed E-state index contributed by atoms with van der Waals surface area (Å²) in [5.41, 5.74) is 2.96. The van der Waals surface area contributed by atoms with Crippen LogP contribution in [0.5, 0.6) is 0 Å². The molecule has 4 nitrogen and oxygen atoms in total. The highest BCUT2D eigenvalue weighted by molar-refractivity contribution is 6.35. The van der Waals surface area contributed by atoms with Gasteiger partial charge in [-0.3, -0.25) is 0 Å². The number of ether oxygens (including phenoxy) is 1. The van der Waals surface area contributed by atoms with Crippen LogP contribution >= 0.6 is 23.2 Å². The second-order valence-electron chi connectivity index (χ2n) is 5.85. The molecule has 1 heterocycles. The molecule has 0 amide bonds. The first-order chi connectivity index (χ1) is 12.4. The monoisotopic (exact) mass is 386 g/mol. The van der Waals surface area contributed by atoms with Crippen LogP contribution in [0.25, 0.3) is 12.2 Å². The molecule has 132 valence electrons. The van der Waals surface area contributed by atoms with Crippen molar-refractivity contribution in [2.24, 2.45) is 4.99 Å². The Bertz CT molecular complexity index is 929. The molecule has 1 aliphatic rings. The maximum absolute atomic E-state index is 12.0. The van der Waals surface area contributed by atoms with E-state index < -0.39 is 5.97 Å². The summed E-state index contributed by atoms with van der Waals surface area (Å²) >= 11 is 12.0. The Balaban J connectivity index is 1.79. The first kappa shape index (κ1) is 18.2. The van der Waals surface area contributed by atoms with Crippen molar-refractivity contribution in [3.8, 4) is 0 Å². The largest absolute Gasteiger partial charge is 0.403 e. The van der Waals surface area contributed by atoms with E-state index >= 15 is 0 Å². The molecule has 0 radical (unpaired) electrons. The molecule has 0 fully saturated rings. The standard InChI is InChI=1S/C20H16Cl2N2O2/c1-24(2)16-8-3-13(4-9-16)11-18-20(25)26-19(23-18)10-6-14-5-7-15(21)12-17(14)22/h3-12H,1-2H3/b10-6+,18-11-. The van der Waals surface area contributed by atoms with E-state index in [0.717, 1.165) is 16.8 Å². The number of benzene rings is 2. The number of halogens is 2. The van der Waals surface area contributed by atoms with Gasteiger partial charge >= 0.3 is 5.97 Å². The summed E-state index contributed by atoms with van der Waals surface area (Å²) in [4.78, 5) is 18.2. The van der Waals surface area contributed by atoms with Gasteiger partial charge in [-0.05, 0) is 47.5 Å². The molecule has 0 aromatic heterocycles. The minimum atomic E-state index is -0.483. The third kappa shape index (κ3) is 4.34. The fourth-order valence-corrected chi connectivity index (χ4v) is 2.79. The quantitative estimate of drug-likeness (QED) is 0.544. The summed E-state index contributed by atoms with van der Waals surface area (Å²) in [6, 6.07) is 13.0. The maximum Gasteiger partial charge on any atom is 0.363 e. The minimum absolute atomic E-state index is 0.220. The SMILES string of the molecule is CN(C)c1ccc(/C=C2N=C(/C=C/c3ccc(Cl)cc3Cl)OC\2=O)cc1. The number of carbonyl (C=O) groups excluding carboxylic acids is 1. The highest BCUT2D eigenvalue weighted by Crippen LogP contribution is 2.23. The Morgan fingerprint density at radius 3 is 2.42 bits per heavy atom. The van der Waals surface area contributed by atoms with Gasteiger partial charge in [0.15, 0.2) is 5.70 Å². The van der Waals surface area contributed by atoms with E-state index in [2.05, 4.69) is 4.99 Å². The molecule has 1 aliphatic heterocycles. The Hall–Kier alpha value is -2.56. The number of esters is 1. The number of hydrogen-bond donors (Lipinski definition) is 0. The Kier molecular flexibility index (Phi) is 5.45. The summed E-state index contributed by atoms with van der Waals surface area (Å²) in [6.07, 6.45) is 5.01. The molecule has 3 rings (SSSR count). The fourth-order valence-electron chi connectivity index (χ4n) is 2.32. The van der Waals surface area contributed by atoms with Gasteiger partial charge < -0.3 is 9.64 Å². The number of carbonyl (C=O) groups is 1. The predicted octanol–water partition coefficient (Wildman–Crippen LogP) is 5.07. The number of aliphatic imine (C=N–C) groups is 1. The van der Waals surface area contributed by atoms with Crippen LogP contribution in [0.1, 0.15) is 11.1 Å². The van der Waals surface area contributed by atoms with Crippen LogP contribution in [0.2, 0.25) is 10.0 Å². The van der Waals surface area contributed by atoms with Crippen molar-refractivity contribution in [3.05, 3.63) is 75.4 Å². The predicted molar refractivity (Wildman–Crippen MR) is 108 cm³/mol. The highest BCUT2D eigenvalue weighted by Gasteiger charge is 2.21. The zero-order chi connectivity index (χ0) is 18.7. The fraction of sp³-hybridized carbons (Fsp3) is 0.100. The molecular weight excluding hydrogens is 371 g/mol. The van der Waals surface area contributed by atoms with Crippen molar-refractivity contribution in [1.29, 1.82) is 0 Å². The first-order valence-electron chi connectivity index (χ1n) is 7.85. The van der Waals surface area contributed by atoms with Crippen molar-refractivity contribution < 1.29 is 9.53 Å². The third-order valence-corrected chi connectivity index (χ3v) is 4.28. The van der Waals surface area contributed by atoms with E-state index in [4.69, 9.17) is 27.9 Å². The first-order valence-corrected chi connectivity index (χ1v) is 8.61. The lowest BCUT2D eigenvalue weighted by atomic mass is 10.1. The van der Waals surface area contributed by atoms with Crippen LogP contribution < -0.4 is 4.90 Å². The summed E-state index contributed by atoms with van der Waals surface area (Å²) in [5.74, 6) is -0.263. The summed E-state index contributed by atoms with van der Waals surface area (Å²) in [7, 11) is 3.94. The second kappa shape index (κ2) is 7.77. The van der Waals surface area contributed by atoms with Crippen molar-refractivity contribution in [2.45, 2.75) is 0 Å². The van der Waals surface area contributed by atoms with Gasteiger partial charge in [0.1, 0.15) is 0 Å². The lowest BCUT2D eigenvalue weighted by Crippen LogP contribution is -2.07. The van der Waals surface area contributed by atoms with Crippen molar-refractivity contribution in [1.82, 2.24) is 0 Å². The zero-order valence-electron chi connectivity index (χ0n) is 14.2. The van der Waals surface area contributed by atoms with Gasteiger partial charge in [0.2, 0.25) is 5.90 Å². The van der Waals surface area contributed by atoms with E-state index in [-0.39, 0.29) is 11.6 Å². The number of nitrogens with zero attached hydrogens (tertiary/aromatic N) is 2. The molecule has 0 saturated heterocycles. The summed E-state index contributed by atoms with van der Waals surface area (Å²) in [5, 5.41) is 1.07. The van der Waals surface area contributed by atoms with Gasteiger partial charge in [-0.1, -0.05) is 41.4 Å². The zero-order valence-corrected chi connectivity index (χ0v) is 15.8. The smallest absolute Gasteiger partial charge is 0.363 e. The Morgan fingerprint density at radius 1 is 1.04 bits per heavy atom. The van der Waals surface area contributed by atoms with E-state index in [1.54, 1.807) is 36.4 Å². The molecule has 0 spiro atoms. The van der Waals surface area contributed by atoms with Gasteiger partial charge in [-0.2, -0.15) is 0 Å². The van der Waals surface area contributed by atoms with Crippen LogP contribution in [0.15, 0.2) is 59.2 Å². The molecule has 26 heavy (non-hydrogen) atoms. The molecule has 0 N–H and O–H groups in total. The summed E-state index contributed by atoms with van der Waals surface area (Å²) in [6.45, 7) is 0. The molecule has 2 aromatic rings. The van der Waals surface area contributed by atoms with Crippen LogP contribution in [0, 0.1) is 0 Å². The maximum atomic E-state index is 12.0. The van der Waals surface area contributed by atoms with Crippen LogP contribution in [0.3, 0.4) is 0 Å². The van der Waals surface area contributed by atoms with Crippen LogP contribution in [-0.4, -0.2) is 26.0 Å². The van der Waals surface area contributed by atoms with E-state index in [1.165, 1.54) is 0 Å². The average molecular weight is 387 g/mol. The summed E-state index contributed by atoms with van der Waals surface area (Å²) < 4.78 is 5.17. The molecule has 0 unspecified atom stereocenters. The number of hydrogen-bond acceptors (Lipinski definition) is 4. The lowest BCUT2D eigenvalue weighted by molar-refractivity contribution is -0.129. The molecule has 0 bridgehead atoms. The second-order valence-corrected chi connectivity index (χ2v) is 6.70. The van der Waals surface area contributed by atoms with E-state index in [1.807, 2.05) is 43.3 Å². The molecule has 0 aliphatic carbocycles. The normalized spacial score (nSPS) is 15.5. The van der Waals surface area contributed by atoms with Crippen molar-refractivity contribution in [3.63, 3.8) is 0 Å². The Labute approximate surface area is 162 Å².